The molecule has 204 valence electrons. The van der Waals surface area contributed by atoms with E-state index in [1.54, 1.807) is 13.3 Å². The molecule has 2 heterocycles. The van der Waals surface area contributed by atoms with Crippen molar-refractivity contribution in [3.05, 3.63) is 64.6 Å². The van der Waals surface area contributed by atoms with Gasteiger partial charge in [0.05, 0.1) is 24.1 Å². The molecule has 0 bridgehead atoms. The van der Waals surface area contributed by atoms with Gasteiger partial charge in [0, 0.05) is 28.8 Å². The standard InChI is InChI=1S/C28H30ClF3N2O3S/c1-37-18-4-5-25-21(13-18)20(22(29)17-33-25)3-2-6-28(16-26(35)36)7-9-34(10-8-28)11-12-38-19-14-23(30)27(32)24(31)15-19/h4-5,13-15,17H,2-3,6-12,16H2,1H3,(H,35,36). The zero-order valence-corrected chi connectivity index (χ0v) is 22.7. The molecule has 38 heavy (non-hydrogen) atoms. The quantitative estimate of drug-likeness (QED) is 0.199. The van der Waals surface area contributed by atoms with E-state index in [1.807, 2.05) is 18.2 Å². The number of rotatable bonds is 11. The second kappa shape index (κ2) is 12.6. The first-order valence-electron chi connectivity index (χ1n) is 12.5. The molecule has 1 fully saturated rings. The highest BCUT2D eigenvalue weighted by Crippen LogP contribution is 2.41. The molecule has 10 heteroatoms. The number of likely N-dealkylation sites (tertiary alicyclic amines) is 1. The molecule has 0 spiro atoms. The first-order valence-corrected chi connectivity index (χ1v) is 13.9. The third-order valence-electron chi connectivity index (χ3n) is 7.34. The molecular formula is C28H30ClF3N2O3S. The molecule has 0 amide bonds. The summed E-state index contributed by atoms with van der Waals surface area (Å²) in [5, 5.41) is 11.2. The number of nitrogens with zero attached hydrogens (tertiary/aromatic N) is 2. The van der Waals surface area contributed by atoms with Crippen molar-refractivity contribution in [1.82, 2.24) is 9.88 Å². The highest BCUT2D eigenvalue weighted by atomic mass is 35.5. The van der Waals surface area contributed by atoms with Crippen LogP contribution in [0.4, 0.5) is 13.2 Å². The number of thioether (sulfide) groups is 1. The summed E-state index contributed by atoms with van der Waals surface area (Å²) in [4.78, 5) is 18.7. The fourth-order valence-electron chi connectivity index (χ4n) is 5.22. The first-order chi connectivity index (χ1) is 18.2. The van der Waals surface area contributed by atoms with Crippen molar-refractivity contribution < 1.29 is 27.8 Å². The number of ether oxygens (including phenoxy) is 1. The van der Waals surface area contributed by atoms with Gasteiger partial charge in [-0.25, -0.2) is 13.2 Å². The van der Waals surface area contributed by atoms with Crippen molar-refractivity contribution >= 4 is 40.2 Å². The third-order valence-corrected chi connectivity index (χ3v) is 8.63. The Kier molecular flexibility index (Phi) is 9.44. The largest absolute Gasteiger partial charge is 0.497 e. The number of carboxylic acids is 1. The van der Waals surface area contributed by atoms with Gasteiger partial charge in [-0.3, -0.25) is 9.78 Å². The van der Waals surface area contributed by atoms with Crippen LogP contribution in [0.1, 0.15) is 37.7 Å². The van der Waals surface area contributed by atoms with Gasteiger partial charge in [-0.05, 0) is 86.5 Å². The molecular weight excluding hydrogens is 537 g/mol. The predicted molar refractivity (Wildman–Crippen MR) is 144 cm³/mol. The third kappa shape index (κ3) is 6.93. The number of methoxy groups -OCH3 is 1. The molecule has 0 aliphatic carbocycles. The summed E-state index contributed by atoms with van der Waals surface area (Å²) in [7, 11) is 1.61. The second-order valence-electron chi connectivity index (χ2n) is 9.78. The minimum absolute atomic E-state index is 0.113. The number of halogens is 4. The average molecular weight is 567 g/mol. The maximum atomic E-state index is 13.5. The van der Waals surface area contributed by atoms with E-state index in [0.717, 1.165) is 73.1 Å². The van der Waals surface area contributed by atoms with Crippen LogP contribution >= 0.6 is 23.4 Å². The van der Waals surface area contributed by atoms with Crippen LogP contribution in [0.25, 0.3) is 10.9 Å². The SMILES string of the molecule is COc1ccc2ncc(Cl)c(CCCC3(CC(=O)O)CCN(CCSc4cc(F)c(F)c(F)c4)CC3)c2c1. The number of aliphatic carboxylic acids is 1. The smallest absolute Gasteiger partial charge is 0.303 e. The van der Waals surface area contributed by atoms with Gasteiger partial charge in [0.15, 0.2) is 17.5 Å². The summed E-state index contributed by atoms with van der Waals surface area (Å²) in [6, 6.07) is 7.70. The summed E-state index contributed by atoms with van der Waals surface area (Å²) in [6.07, 6.45) is 5.54. The molecule has 0 unspecified atom stereocenters. The van der Waals surface area contributed by atoms with Crippen LogP contribution in [0, 0.1) is 22.9 Å². The maximum Gasteiger partial charge on any atom is 0.303 e. The van der Waals surface area contributed by atoms with Crippen LogP contribution in [0.5, 0.6) is 5.75 Å². The van der Waals surface area contributed by atoms with Crippen molar-refractivity contribution in [2.24, 2.45) is 5.41 Å². The summed E-state index contributed by atoms with van der Waals surface area (Å²) >= 11 is 7.78. The molecule has 1 saturated heterocycles. The number of carboxylic acid groups (broad SMARTS) is 1. The molecule has 1 aliphatic rings. The predicted octanol–water partition coefficient (Wildman–Crippen LogP) is 6.99. The van der Waals surface area contributed by atoms with Gasteiger partial charge in [0.2, 0.25) is 0 Å². The topological polar surface area (TPSA) is 62.7 Å². The van der Waals surface area contributed by atoms with E-state index >= 15 is 0 Å². The molecule has 4 rings (SSSR count). The number of aryl methyl sites for hydroxylation is 1. The van der Waals surface area contributed by atoms with Gasteiger partial charge < -0.3 is 14.7 Å². The number of fused-ring (bicyclic) bond motifs is 1. The molecule has 0 atom stereocenters. The van der Waals surface area contributed by atoms with E-state index in [9.17, 15) is 23.1 Å². The van der Waals surface area contributed by atoms with Crippen molar-refractivity contribution in [3.63, 3.8) is 0 Å². The zero-order valence-electron chi connectivity index (χ0n) is 21.1. The lowest BCUT2D eigenvalue weighted by atomic mass is 9.72. The number of aromatic nitrogens is 1. The van der Waals surface area contributed by atoms with Crippen LogP contribution in [0.3, 0.4) is 0 Å². The fourth-order valence-corrected chi connectivity index (χ4v) is 6.42. The van der Waals surface area contributed by atoms with Gasteiger partial charge >= 0.3 is 5.97 Å². The zero-order chi connectivity index (χ0) is 27.3. The molecule has 1 aliphatic heterocycles. The van der Waals surface area contributed by atoms with E-state index in [1.165, 1.54) is 11.8 Å². The number of pyridine rings is 1. The lowest BCUT2D eigenvalue weighted by Gasteiger charge is -2.41. The van der Waals surface area contributed by atoms with Crippen LogP contribution in [-0.4, -0.2) is 53.5 Å². The van der Waals surface area contributed by atoms with Gasteiger partial charge in [-0.2, -0.15) is 0 Å². The maximum absolute atomic E-state index is 13.5. The number of piperidine rings is 1. The van der Waals surface area contributed by atoms with Crippen molar-refractivity contribution in [2.75, 3.05) is 32.5 Å². The summed E-state index contributed by atoms with van der Waals surface area (Å²) in [5.41, 5.74) is 1.53. The van der Waals surface area contributed by atoms with Crippen LogP contribution in [0.15, 0.2) is 41.4 Å². The number of benzene rings is 2. The number of hydrogen-bond acceptors (Lipinski definition) is 5. The Morgan fingerprint density at radius 3 is 2.55 bits per heavy atom. The molecule has 1 N–H and O–H groups in total. The molecule has 5 nitrogen and oxygen atoms in total. The monoisotopic (exact) mass is 566 g/mol. The summed E-state index contributed by atoms with van der Waals surface area (Å²) in [6.45, 7) is 2.18. The van der Waals surface area contributed by atoms with Gasteiger partial charge in [-0.1, -0.05) is 11.6 Å². The van der Waals surface area contributed by atoms with Gasteiger partial charge in [0.25, 0.3) is 0 Å². The van der Waals surface area contributed by atoms with E-state index < -0.39 is 23.4 Å². The second-order valence-corrected chi connectivity index (χ2v) is 11.4. The number of hydrogen-bond donors (Lipinski definition) is 1. The fraction of sp³-hybridized carbons (Fsp3) is 0.429. The highest BCUT2D eigenvalue weighted by molar-refractivity contribution is 7.99. The normalized spacial score (nSPS) is 15.6. The van der Waals surface area contributed by atoms with E-state index in [4.69, 9.17) is 16.3 Å². The molecule has 3 aromatic rings. The molecule has 0 radical (unpaired) electrons. The first kappa shape index (κ1) is 28.5. The van der Waals surface area contributed by atoms with Gasteiger partial charge in [-0.15, -0.1) is 11.8 Å². The minimum atomic E-state index is -1.46. The lowest BCUT2D eigenvalue weighted by molar-refractivity contribution is -0.140. The van der Waals surface area contributed by atoms with Crippen molar-refractivity contribution in [2.45, 2.75) is 43.4 Å². The van der Waals surface area contributed by atoms with Crippen LogP contribution < -0.4 is 4.74 Å². The Morgan fingerprint density at radius 1 is 1.18 bits per heavy atom. The van der Waals surface area contributed by atoms with Crippen LogP contribution in [-0.2, 0) is 11.2 Å². The lowest BCUT2D eigenvalue weighted by Crippen LogP contribution is -2.42. The minimum Gasteiger partial charge on any atom is -0.497 e. The highest BCUT2D eigenvalue weighted by Gasteiger charge is 2.36. The van der Waals surface area contributed by atoms with E-state index in [2.05, 4.69) is 9.88 Å². The molecule has 1 aromatic heterocycles. The van der Waals surface area contributed by atoms with Gasteiger partial charge in [0.1, 0.15) is 5.75 Å². The Bertz CT molecular complexity index is 1280. The average Bonchev–Trinajstić information content (AvgIpc) is 2.89. The summed E-state index contributed by atoms with van der Waals surface area (Å²) < 4.78 is 45.4. The Labute approximate surface area is 229 Å². The van der Waals surface area contributed by atoms with Crippen molar-refractivity contribution in [1.29, 1.82) is 0 Å². The number of carbonyl (C=O) groups is 1. The Hall–Kier alpha value is -2.49. The Balaban J connectivity index is 1.34. The summed E-state index contributed by atoms with van der Waals surface area (Å²) in [5.74, 6) is -3.32. The van der Waals surface area contributed by atoms with Crippen LogP contribution in [0.2, 0.25) is 5.02 Å². The molecule has 0 saturated carbocycles. The van der Waals surface area contributed by atoms with E-state index in [-0.39, 0.29) is 11.8 Å². The Morgan fingerprint density at radius 2 is 1.89 bits per heavy atom. The molecule has 2 aromatic carbocycles. The van der Waals surface area contributed by atoms with Crippen molar-refractivity contribution in [3.8, 4) is 5.75 Å². The van der Waals surface area contributed by atoms with E-state index in [0.29, 0.717) is 28.6 Å².